The number of hydrogen-bond acceptors (Lipinski definition) is 9. The highest BCUT2D eigenvalue weighted by molar-refractivity contribution is 7.13. The average molecular weight is 316 g/mol. The molecule has 0 amide bonds. The predicted octanol–water partition coefficient (Wildman–Crippen LogP) is 2.51. The highest BCUT2D eigenvalue weighted by atomic mass is 32.1. The van der Waals surface area contributed by atoms with Gasteiger partial charge in [0, 0.05) is 6.07 Å². The summed E-state index contributed by atoms with van der Waals surface area (Å²) in [6.45, 7) is 0. The predicted molar refractivity (Wildman–Crippen MR) is 68.6 cm³/mol. The second kappa shape index (κ2) is 6.29. The van der Waals surface area contributed by atoms with E-state index in [9.17, 15) is 40.5 Å². The Balaban J connectivity index is 4.18. The molecule has 0 bridgehead atoms. The van der Waals surface area contributed by atoms with Crippen LogP contribution in [0.2, 0.25) is 0 Å². The molecule has 12 nitrogen and oxygen atoms in total. The van der Waals surface area contributed by atoms with Crippen LogP contribution in [0.25, 0.3) is 0 Å². The molecule has 0 saturated heterocycles. The molecule has 13 heteroatoms. The molecule has 0 aliphatic heterocycles. The fourth-order valence-electron chi connectivity index (χ4n) is 1.27. The summed E-state index contributed by atoms with van der Waals surface area (Å²) in [5, 5.41) is 43.4. The van der Waals surface area contributed by atoms with E-state index in [-0.39, 0.29) is 11.3 Å². The van der Waals surface area contributed by atoms with Crippen LogP contribution < -0.4 is 0 Å². The van der Waals surface area contributed by atoms with Gasteiger partial charge >= 0.3 is 22.1 Å². The van der Waals surface area contributed by atoms with Crippen LogP contribution in [0, 0.1) is 40.5 Å². The van der Waals surface area contributed by atoms with Crippen LogP contribution in [-0.4, -0.2) is 19.7 Å². The van der Waals surface area contributed by atoms with Gasteiger partial charge in [0.25, 0.3) is 0 Å². The van der Waals surface area contributed by atoms with Crippen LogP contribution in [0.5, 0.6) is 0 Å². The largest absolute Gasteiger partial charge is 0.440 e. The van der Waals surface area contributed by atoms with Crippen molar-refractivity contribution in [3.63, 3.8) is 0 Å². The minimum absolute atomic E-state index is 0.236. The van der Waals surface area contributed by atoms with Crippen LogP contribution >= 0.6 is 11.3 Å². The number of nitro groups is 4. The minimum atomic E-state index is -1.55. The maximum Gasteiger partial charge on any atom is 0.440 e. The van der Waals surface area contributed by atoms with Crippen LogP contribution in [-0.2, 0) is 0 Å². The molecule has 0 N–H and O–H groups in total. The molecule has 0 atom stereocenters. The number of nitrogens with zero attached hydrogens (tertiary/aromatic N) is 4. The van der Waals surface area contributed by atoms with Gasteiger partial charge in [-0.1, -0.05) is 23.5 Å². The van der Waals surface area contributed by atoms with Gasteiger partial charge in [-0.2, -0.15) is 0 Å². The smallest absolute Gasteiger partial charge is 0.258 e. The summed E-state index contributed by atoms with van der Waals surface area (Å²) >= 11 is 0.236. The van der Waals surface area contributed by atoms with Gasteiger partial charge in [-0.15, -0.1) is 0 Å². The molecule has 110 valence electrons. The fraction of sp³-hybridized carbons (Fsp3) is 0. The molecular weight excluding hydrogens is 312 g/mol. The van der Waals surface area contributed by atoms with Gasteiger partial charge in [0.2, 0.25) is 0 Å². The first-order chi connectivity index (χ1) is 9.77. The van der Waals surface area contributed by atoms with Gasteiger partial charge in [-0.05, 0) is 5.38 Å². The van der Waals surface area contributed by atoms with E-state index >= 15 is 0 Å². The maximum absolute atomic E-state index is 11.0. The van der Waals surface area contributed by atoms with E-state index in [0.717, 1.165) is 17.5 Å². The Morgan fingerprint density at radius 1 is 0.762 bits per heavy atom. The molecule has 0 aliphatic carbocycles. The zero-order chi connectivity index (χ0) is 16.2. The lowest BCUT2D eigenvalue weighted by molar-refractivity contribution is -0.449. The molecule has 0 saturated carbocycles. The SMILES string of the molecule is O=[N+]([O-])c1ccccsc([N+](=O)[O-])c([N+](=O)[O-])c1[N+](=O)[O-]. The first-order valence-corrected chi connectivity index (χ1v) is 5.71. The lowest BCUT2D eigenvalue weighted by Crippen LogP contribution is -2.02. The molecule has 0 aromatic carbocycles. The van der Waals surface area contributed by atoms with Crippen LogP contribution in [0.1, 0.15) is 0 Å². The summed E-state index contributed by atoms with van der Waals surface area (Å²) < 4.78 is 0. The van der Waals surface area contributed by atoms with Gasteiger partial charge in [0.1, 0.15) is 0 Å². The van der Waals surface area contributed by atoms with E-state index in [1.165, 1.54) is 0 Å². The number of hydrogen-bond donors (Lipinski definition) is 0. The Hall–Kier alpha value is -3.22. The second-order valence-electron chi connectivity index (χ2n) is 3.22. The van der Waals surface area contributed by atoms with Crippen molar-refractivity contribution >= 4 is 33.4 Å². The van der Waals surface area contributed by atoms with E-state index in [2.05, 4.69) is 0 Å². The highest BCUT2D eigenvalue weighted by Gasteiger charge is 2.42. The first-order valence-electron chi connectivity index (χ1n) is 4.83. The molecule has 1 heterocycles. The standard InChI is InChI=1S/C8H4N4O8S/c13-9(14)5-3-1-2-4-21-8(12(19)20)7(11(17)18)6(5)10(15)16/h1-4H. The zero-order valence-corrected chi connectivity index (χ0v) is 10.6. The van der Waals surface area contributed by atoms with Crippen LogP contribution in [0.15, 0.2) is 23.6 Å². The third-order valence-corrected chi connectivity index (χ3v) is 2.88. The highest BCUT2D eigenvalue weighted by Crippen LogP contribution is 2.41. The van der Waals surface area contributed by atoms with Crippen molar-refractivity contribution in [2.45, 2.75) is 0 Å². The van der Waals surface area contributed by atoms with Crippen LogP contribution in [0.4, 0.5) is 22.1 Å². The molecule has 1 rings (SSSR count). The summed E-state index contributed by atoms with van der Waals surface area (Å²) in [6, 6.07) is 2.79. The molecule has 0 unspecified atom stereocenters. The van der Waals surface area contributed by atoms with Crippen molar-refractivity contribution in [1.29, 1.82) is 0 Å². The molecule has 0 radical (unpaired) electrons. The van der Waals surface area contributed by atoms with Crippen molar-refractivity contribution < 1.29 is 19.7 Å². The van der Waals surface area contributed by atoms with Gasteiger partial charge in [0.05, 0.1) is 19.7 Å². The molecule has 1 aromatic heterocycles. The molecular formula is C8H4N4O8S. The summed E-state index contributed by atoms with van der Waals surface area (Å²) in [5.74, 6) is 0. The van der Waals surface area contributed by atoms with Crippen molar-refractivity contribution in [1.82, 2.24) is 0 Å². The van der Waals surface area contributed by atoms with E-state index in [0.29, 0.717) is 6.07 Å². The second-order valence-corrected chi connectivity index (χ2v) is 4.12. The lowest BCUT2D eigenvalue weighted by Gasteiger charge is -1.94. The monoisotopic (exact) mass is 316 g/mol. The van der Waals surface area contributed by atoms with Crippen molar-refractivity contribution in [2.75, 3.05) is 0 Å². The van der Waals surface area contributed by atoms with E-state index < -0.39 is 41.8 Å². The molecule has 0 spiro atoms. The molecule has 1 aromatic rings. The van der Waals surface area contributed by atoms with Crippen LogP contribution in [0.3, 0.4) is 0 Å². The molecule has 0 fully saturated rings. The Labute approximate surface area is 118 Å². The van der Waals surface area contributed by atoms with Crippen molar-refractivity contribution in [3.8, 4) is 0 Å². The summed E-state index contributed by atoms with van der Waals surface area (Å²) in [4.78, 5) is 38.4. The van der Waals surface area contributed by atoms with Gasteiger partial charge in [-0.3, -0.25) is 40.5 Å². The summed E-state index contributed by atoms with van der Waals surface area (Å²) in [6.07, 6.45) is 0. The normalized spacial score (nSPS) is 9.52. The molecule has 21 heavy (non-hydrogen) atoms. The van der Waals surface area contributed by atoms with E-state index in [4.69, 9.17) is 0 Å². The fourth-order valence-corrected chi connectivity index (χ4v) is 1.94. The Bertz CT molecular complexity index is 641. The van der Waals surface area contributed by atoms with Gasteiger partial charge in [0.15, 0.2) is 0 Å². The van der Waals surface area contributed by atoms with E-state index in [1.54, 1.807) is 0 Å². The molecule has 0 aliphatic rings. The topological polar surface area (TPSA) is 173 Å². The third kappa shape index (κ3) is 3.41. The number of rotatable bonds is 4. The minimum Gasteiger partial charge on any atom is -0.258 e. The van der Waals surface area contributed by atoms with E-state index in [1.807, 2.05) is 0 Å². The summed E-state index contributed by atoms with van der Waals surface area (Å²) in [5.41, 5.74) is -4.32. The van der Waals surface area contributed by atoms with Gasteiger partial charge in [-0.25, -0.2) is 0 Å². The lowest BCUT2D eigenvalue weighted by atomic mass is 10.3. The Kier molecular flexibility index (Phi) is 4.74. The quantitative estimate of drug-likeness (QED) is 0.601. The Morgan fingerprint density at radius 2 is 1.33 bits per heavy atom. The first kappa shape index (κ1) is 15.8. The average Bonchev–Trinajstić information content (AvgIpc) is 2.45. The van der Waals surface area contributed by atoms with Crippen molar-refractivity contribution in [3.05, 3.63) is 64.0 Å². The van der Waals surface area contributed by atoms with Crippen molar-refractivity contribution in [2.24, 2.45) is 0 Å². The third-order valence-electron chi connectivity index (χ3n) is 2.02. The maximum atomic E-state index is 11.0. The zero-order valence-electron chi connectivity index (χ0n) is 9.77. The summed E-state index contributed by atoms with van der Waals surface area (Å²) in [7, 11) is 0. The Morgan fingerprint density at radius 3 is 1.76 bits per heavy atom. The van der Waals surface area contributed by atoms with Gasteiger partial charge < -0.3 is 0 Å².